The van der Waals surface area contributed by atoms with E-state index < -0.39 is 0 Å². The number of piperidine rings is 1. The van der Waals surface area contributed by atoms with Gasteiger partial charge < -0.3 is 19.4 Å². The minimum atomic E-state index is 0.0478. The van der Waals surface area contributed by atoms with Gasteiger partial charge >= 0.3 is 0 Å². The molecule has 1 amide bonds. The molecule has 2 fully saturated rings. The number of hydrogen-bond donors (Lipinski definition) is 1. The van der Waals surface area contributed by atoms with Crippen LogP contribution in [0, 0.1) is 0 Å². The SMILES string of the molecule is CCN(CC)C(=O)c1ccc2c(c1)Oc1ccc(-c3ccoc3)cc1C2=C1CC2CCC(C1)N2. The molecule has 2 bridgehead atoms. The van der Waals surface area contributed by atoms with E-state index >= 15 is 0 Å². The third-order valence-corrected chi connectivity index (χ3v) is 7.55. The van der Waals surface area contributed by atoms with Crippen LogP contribution in [0.15, 0.2) is 65.0 Å². The molecule has 0 radical (unpaired) electrons. The van der Waals surface area contributed by atoms with Gasteiger partial charge in [-0.05, 0) is 87.1 Å². The molecule has 2 aromatic carbocycles. The largest absolute Gasteiger partial charge is 0.472 e. The van der Waals surface area contributed by atoms with Crippen LogP contribution in [-0.2, 0) is 0 Å². The van der Waals surface area contributed by atoms with Crippen LogP contribution in [0.5, 0.6) is 11.5 Å². The van der Waals surface area contributed by atoms with Gasteiger partial charge in [0.2, 0.25) is 0 Å². The van der Waals surface area contributed by atoms with E-state index in [0.717, 1.165) is 46.6 Å². The summed E-state index contributed by atoms with van der Waals surface area (Å²) < 4.78 is 11.8. The molecular weight excluding hydrogens is 424 g/mol. The van der Waals surface area contributed by atoms with Crippen LogP contribution in [0.25, 0.3) is 16.7 Å². The Kier molecular flexibility index (Phi) is 5.30. The lowest BCUT2D eigenvalue weighted by Crippen LogP contribution is -2.35. The first-order valence-corrected chi connectivity index (χ1v) is 12.4. The molecule has 1 N–H and O–H groups in total. The van der Waals surface area contributed by atoms with E-state index in [1.807, 2.05) is 36.9 Å². The van der Waals surface area contributed by atoms with Gasteiger partial charge in [0.05, 0.1) is 12.5 Å². The topological polar surface area (TPSA) is 54.7 Å². The van der Waals surface area contributed by atoms with Crippen molar-refractivity contribution in [2.24, 2.45) is 0 Å². The fraction of sp³-hybridized carbons (Fsp3) is 0.345. The number of carbonyl (C=O) groups is 1. The van der Waals surface area contributed by atoms with Crippen LogP contribution in [0.2, 0.25) is 0 Å². The van der Waals surface area contributed by atoms with Crippen LogP contribution in [-0.4, -0.2) is 36.0 Å². The second-order valence-corrected chi connectivity index (χ2v) is 9.54. The first-order valence-electron chi connectivity index (χ1n) is 12.4. The van der Waals surface area contributed by atoms with E-state index in [1.54, 1.807) is 12.5 Å². The summed E-state index contributed by atoms with van der Waals surface area (Å²) in [6.07, 6.45) is 8.08. The minimum absolute atomic E-state index is 0.0478. The Morgan fingerprint density at radius 3 is 2.44 bits per heavy atom. The molecule has 174 valence electrons. The van der Waals surface area contributed by atoms with Gasteiger partial charge in [0.25, 0.3) is 5.91 Å². The average Bonchev–Trinajstić information content (AvgIpc) is 3.52. The Labute approximate surface area is 200 Å². The summed E-state index contributed by atoms with van der Waals surface area (Å²) in [6.45, 7) is 5.41. The monoisotopic (exact) mass is 454 g/mol. The lowest BCUT2D eigenvalue weighted by atomic mass is 9.83. The van der Waals surface area contributed by atoms with Crippen LogP contribution in [0.3, 0.4) is 0 Å². The predicted molar refractivity (Wildman–Crippen MR) is 133 cm³/mol. The van der Waals surface area contributed by atoms with E-state index in [4.69, 9.17) is 9.15 Å². The van der Waals surface area contributed by atoms with Gasteiger partial charge in [0.15, 0.2) is 0 Å². The molecule has 1 aromatic heterocycles. The molecule has 0 spiro atoms. The zero-order chi connectivity index (χ0) is 23.2. The van der Waals surface area contributed by atoms with Crippen LogP contribution in [0.4, 0.5) is 0 Å². The molecule has 2 unspecified atom stereocenters. The highest BCUT2D eigenvalue weighted by Gasteiger charge is 2.34. The smallest absolute Gasteiger partial charge is 0.253 e. The summed E-state index contributed by atoms with van der Waals surface area (Å²) >= 11 is 0. The average molecular weight is 455 g/mol. The highest BCUT2D eigenvalue weighted by atomic mass is 16.5. The summed E-state index contributed by atoms with van der Waals surface area (Å²) in [7, 11) is 0. The third-order valence-electron chi connectivity index (χ3n) is 7.55. The Balaban J connectivity index is 1.49. The van der Waals surface area contributed by atoms with Gasteiger partial charge in [-0.3, -0.25) is 4.79 Å². The maximum atomic E-state index is 13.0. The number of furan rings is 1. The van der Waals surface area contributed by atoms with Crippen molar-refractivity contribution >= 4 is 11.5 Å². The Hall–Kier alpha value is -3.31. The summed E-state index contributed by atoms with van der Waals surface area (Å²) in [5.41, 5.74) is 7.84. The number of hydrogen-bond acceptors (Lipinski definition) is 4. The van der Waals surface area contributed by atoms with Crippen molar-refractivity contribution in [2.75, 3.05) is 13.1 Å². The van der Waals surface area contributed by atoms with Crippen molar-refractivity contribution in [2.45, 2.75) is 51.6 Å². The van der Waals surface area contributed by atoms with E-state index in [-0.39, 0.29) is 5.91 Å². The molecule has 6 rings (SSSR count). The van der Waals surface area contributed by atoms with Gasteiger partial charge in [0, 0.05) is 47.4 Å². The Morgan fingerprint density at radius 1 is 0.941 bits per heavy atom. The number of nitrogens with one attached hydrogen (secondary N) is 1. The minimum Gasteiger partial charge on any atom is -0.472 e. The van der Waals surface area contributed by atoms with Crippen molar-refractivity contribution in [1.82, 2.24) is 10.2 Å². The number of nitrogens with zero attached hydrogens (tertiary/aromatic N) is 1. The van der Waals surface area contributed by atoms with Gasteiger partial charge in [-0.2, -0.15) is 0 Å². The van der Waals surface area contributed by atoms with Crippen molar-refractivity contribution in [3.63, 3.8) is 0 Å². The van der Waals surface area contributed by atoms with E-state index in [9.17, 15) is 4.79 Å². The Bertz CT molecular complexity index is 1260. The first kappa shape index (κ1) is 21.2. The number of benzene rings is 2. The highest BCUT2D eigenvalue weighted by molar-refractivity contribution is 5.97. The summed E-state index contributed by atoms with van der Waals surface area (Å²) in [4.78, 5) is 14.9. The highest BCUT2D eigenvalue weighted by Crippen LogP contribution is 2.49. The summed E-state index contributed by atoms with van der Waals surface area (Å²) in [5, 5.41) is 3.76. The maximum absolute atomic E-state index is 13.0. The maximum Gasteiger partial charge on any atom is 0.253 e. The number of fused-ring (bicyclic) bond motifs is 4. The third kappa shape index (κ3) is 3.55. The summed E-state index contributed by atoms with van der Waals surface area (Å²) in [6, 6.07) is 15.4. The van der Waals surface area contributed by atoms with Gasteiger partial charge in [-0.25, -0.2) is 0 Å². The van der Waals surface area contributed by atoms with Crippen molar-refractivity contribution < 1.29 is 13.9 Å². The Morgan fingerprint density at radius 2 is 1.74 bits per heavy atom. The van der Waals surface area contributed by atoms with E-state index in [2.05, 4.69) is 29.6 Å². The molecule has 5 nitrogen and oxygen atoms in total. The van der Waals surface area contributed by atoms with Gasteiger partial charge in [-0.1, -0.05) is 11.6 Å². The molecule has 2 atom stereocenters. The fourth-order valence-corrected chi connectivity index (χ4v) is 5.81. The zero-order valence-electron chi connectivity index (χ0n) is 19.8. The fourth-order valence-electron chi connectivity index (χ4n) is 5.81. The number of amides is 1. The lowest BCUT2D eigenvalue weighted by Gasteiger charge is -2.31. The normalized spacial score (nSPS) is 20.5. The number of ether oxygens (including phenoxy) is 1. The molecular formula is C29H30N2O3. The molecule has 5 heteroatoms. The number of carbonyl (C=O) groups excluding carboxylic acids is 1. The molecule has 3 aliphatic heterocycles. The van der Waals surface area contributed by atoms with Gasteiger partial charge in [-0.15, -0.1) is 0 Å². The first-order chi connectivity index (χ1) is 16.6. The van der Waals surface area contributed by atoms with Crippen LogP contribution in [0.1, 0.15) is 61.0 Å². The second kappa shape index (κ2) is 8.48. The predicted octanol–water partition coefficient (Wildman–Crippen LogP) is 6.25. The van der Waals surface area contributed by atoms with Crippen molar-refractivity contribution in [1.29, 1.82) is 0 Å². The molecule has 0 aliphatic carbocycles. The van der Waals surface area contributed by atoms with Crippen LogP contribution >= 0.6 is 0 Å². The van der Waals surface area contributed by atoms with Crippen molar-refractivity contribution in [3.05, 3.63) is 77.3 Å². The summed E-state index contributed by atoms with van der Waals surface area (Å²) in [5.74, 6) is 1.67. The standard InChI is InChI=1S/C29H30N2O3/c1-3-31(4-2)29(32)19-5-9-24-27(16-19)34-26-10-6-18(20-11-12-33-17-20)15-25(26)28(24)21-13-22-7-8-23(14-21)30-22/h5-6,9-12,15-17,22-23,30H,3-4,7-8,13-14H2,1-2H3. The van der Waals surface area contributed by atoms with Crippen LogP contribution < -0.4 is 10.1 Å². The number of rotatable bonds is 4. The zero-order valence-corrected chi connectivity index (χ0v) is 19.8. The molecule has 34 heavy (non-hydrogen) atoms. The quantitative estimate of drug-likeness (QED) is 0.396. The van der Waals surface area contributed by atoms with Gasteiger partial charge in [0.1, 0.15) is 11.5 Å². The van der Waals surface area contributed by atoms with E-state index in [1.165, 1.54) is 24.0 Å². The van der Waals surface area contributed by atoms with Crippen molar-refractivity contribution in [3.8, 4) is 22.6 Å². The molecule has 4 heterocycles. The lowest BCUT2D eigenvalue weighted by molar-refractivity contribution is 0.0772. The second-order valence-electron chi connectivity index (χ2n) is 9.54. The molecule has 3 aromatic rings. The molecule has 3 aliphatic rings. The van der Waals surface area contributed by atoms with E-state index in [0.29, 0.717) is 30.7 Å². The molecule has 2 saturated heterocycles. The molecule has 0 saturated carbocycles.